The van der Waals surface area contributed by atoms with E-state index >= 15 is 0 Å². The third-order valence-electron chi connectivity index (χ3n) is 17.5. The minimum Gasteiger partial charge on any atom is -0.442 e. The van der Waals surface area contributed by atoms with Gasteiger partial charge in [0.05, 0.1) is 0 Å². The Morgan fingerprint density at radius 1 is 0.218 bits per heavy atom. The first-order valence-corrected chi connectivity index (χ1v) is 30.1. The number of rotatable bonds is 16. The van der Waals surface area contributed by atoms with Crippen molar-refractivity contribution >= 4 is 97.8 Å². The topological polar surface area (TPSA) is 108 Å². The smallest absolute Gasteiger partial charge is 0.442 e. The Morgan fingerprint density at radius 3 is 0.423 bits per heavy atom. The van der Waals surface area contributed by atoms with Crippen molar-refractivity contribution in [1.29, 1.82) is 0 Å². The van der Waals surface area contributed by atoms with Crippen molar-refractivity contribution in [3.63, 3.8) is 0 Å². The van der Waals surface area contributed by atoms with Crippen molar-refractivity contribution in [2.75, 3.05) is 0 Å². The Morgan fingerprint density at radius 2 is 0.333 bits per heavy atom. The summed E-state index contributed by atoms with van der Waals surface area (Å²) in [6, 6.07) is 0. The van der Waals surface area contributed by atoms with Gasteiger partial charge in [-0.2, -0.15) is 0 Å². The molecule has 0 saturated carbocycles. The molecular formula is C68H124Ba2N8. The summed E-state index contributed by atoms with van der Waals surface area (Å²) in [5, 5.41) is 0. The minimum atomic E-state index is 0. The second kappa shape index (κ2) is 28.9. The first-order valence-electron chi connectivity index (χ1n) is 30.1. The zero-order chi connectivity index (χ0) is 60.2. The molecule has 4 heterocycles. The fourth-order valence-corrected chi connectivity index (χ4v) is 7.83. The van der Waals surface area contributed by atoms with Crippen LogP contribution in [0.4, 0.5) is 0 Å². The molecule has 0 aliphatic heterocycles. The molecule has 0 aromatic carbocycles. The zero-order valence-corrected chi connectivity index (χ0v) is 67.5. The number of nitrogens with zero attached hydrogens (tertiary/aromatic N) is 8. The Bertz CT molecular complexity index is 1940. The fourth-order valence-electron chi connectivity index (χ4n) is 7.83. The molecule has 10 heteroatoms. The second-order valence-corrected chi connectivity index (χ2v) is 31.9. The third kappa shape index (κ3) is 20.6. The third-order valence-corrected chi connectivity index (χ3v) is 17.5. The first-order chi connectivity index (χ1) is 33.8. The molecule has 4 aromatic heterocycles. The van der Waals surface area contributed by atoms with Crippen molar-refractivity contribution in [1.82, 2.24) is 39.9 Å². The van der Waals surface area contributed by atoms with Gasteiger partial charge in [0.25, 0.3) is 0 Å². The van der Waals surface area contributed by atoms with Gasteiger partial charge in [-0.3, -0.25) is 0 Å². The van der Waals surface area contributed by atoms with E-state index in [1.165, 1.54) is 45.6 Å². The standard InChI is InChI=1S/4C17H31N2.2Ba/c4*1-10-16(6,7)12-13(17(8,9)11-2)19-14(18-12)15(3,4)5;;/h4*10-11H2,1-9H3;;/q4*-1;2*+2. The van der Waals surface area contributed by atoms with Crippen LogP contribution in [0.2, 0.25) is 0 Å². The summed E-state index contributed by atoms with van der Waals surface area (Å²) in [4.78, 5) is 39.4. The summed E-state index contributed by atoms with van der Waals surface area (Å²) in [7, 11) is 0. The molecule has 0 aliphatic rings. The molecule has 78 heavy (non-hydrogen) atoms. The number of imidazole rings is 4. The van der Waals surface area contributed by atoms with Gasteiger partial charge in [-0.15, -0.1) is 0 Å². The van der Waals surface area contributed by atoms with Crippen molar-refractivity contribution in [2.45, 2.75) is 366 Å². The van der Waals surface area contributed by atoms with E-state index < -0.39 is 0 Å². The first kappa shape index (κ1) is 80.0. The number of hydrogen-bond donors (Lipinski definition) is 0. The zero-order valence-electron chi connectivity index (χ0n) is 58.6. The van der Waals surface area contributed by atoms with Crippen LogP contribution in [0.15, 0.2) is 0 Å². The van der Waals surface area contributed by atoms with Crippen LogP contribution in [0.25, 0.3) is 0 Å². The van der Waals surface area contributed by atoms with E-state index in [0.29, 0.717) is 0 Å². The van der Waals surface area contributed by atoms with Gasteiger partial charge in [0.15, 0.2) is 0 Å². The summed E-state index contributed by atoms with van der Waals surface area (Å²) < 4.78 is 0. The molecule has 0 N–H and O–H groups in total. The summed E-state index contributed by atoms with van der Waals surface area (Å²) in [5.41, 5.74) is 10.4. The Balaban J connectivity index is 0. The molecule has 0 spiro atoms. The summed E-state index contributed by atoms with van der Waals surface area (Å²) >= 11 is 0. The van der Waals surface area contributed by atoms with Gasteiger partial charge in [-0.25, -0.2) is 0 Å². The molecule has 0 aliphatic carbocycles. The molecule has 4 aromatic rings. The SMILES string of the molecule is CCC(C)(C)c1nc(C(C)(C)C)[n-]c1C(C)(C)CC.CCC(C)(C)c1nc(C(C)(C)C)[n-]c1C(C)(C)CC.CCC(C)(C)c1nc(C(C)(C)C)[n-]c1C(C)(C)CC.CCC(C)(C)c1nc(C(C)(C)C)[n-]c1C(C)(C)CC.[Ba+2].[Ba+2]. The maximum atomic E-state index is 4.93. The fraction of sp³-hybridized carbons (Fsp3) is 0.824. The molecule has 440 valence electrons. The van der Waals surface area contributed by atoms with Crippen LogP contribution in [-0.4, -0.2) is 118 Å². The van der Waals surface area contributed by atoms with Crippen LogP contribution in [0.3, 0.4) is 0 Å². The molecule has 4 rings (SSSR count). The molecular weight excluding hydrogens is 1200 g/mol. The van der Waals surface area contributed by atoms with Gasteiger partial charge in [0.2, 0.25) is 0 Å². The largest absolute Gasteiger partial charge is 2.00 e. The van der Waals surface area contributed by atoms with E-state index in [1.807, 2.05) is 0 Å². The van der Waals surface area contributed by atoms with Gasteiger partial charge >= 0.3 is 97.8 Å². The number of hydrogen-bond acceptors (Lipinski definition) is 4. The van der Waals surface area contributed by atoms with E-state index in [9.17, 15) is 0 Å². The van der Waals surface area contributed by atoms with Gasteiger partial charge < -0.3 is 39.9 Å². The molecule has 0 radical (unpaired) electrons. The average molecular weight is 1330 g/mol. The maximum Gasteiger partial charge on any atom is 2.00 e. The Labute approximate surface area is 565 Å². The number of aromatic nitrogens is 8. The maximum absolute atomic E-state index is 4.93. The molecule has 8 nitrogen and oxygen atoms in total. The summed E-state index contributed by atoms with van der Waals surface area (Å²) in [6.07, 6.45) is 8.68. The Hall–Kier alpha value is -0.0171. The van der Waals surface area contributed by atoms with Crippen LogP contribution in [0, 0.1) is 0 Å². The molecule has 0 saturated heterocycles. The van der Waals surface area contributed by atoms with Gasteiger partial charge in [0.1, 0.15) is 0 Å². The quantitative estimate of drug-likeness (QED) is 0.102. The predicted molar refractivity (Wildman–Crippen MR) is 343 cm³/mol. The van der Waals surface area contributed by atoms with Crippen LogP contribution < -0.4 is 19.9 Å². The second-order valence-electron chi connectivity index (χ2n) is 31.9. The normalized spacial score (nSPS) is 13.6. The van der Waals surface area contributed by atoms with E-state index in [2.05, 4.69) is 249 Å². The van der Waals surface area contributed by atoms with Crippen molar-refractivity contribution in [2.24, 2.45) is 0 Å². The predicted octanol–water partition coefficient (Wildman–Crippen LogP) is 18.1. The van der Waals surface area contributed by atoms with Gasteiger partial charge in [0, 0.05) is 0 Å². The van der Waals surface area contributed by atoms with Crippen LogP contribution in [0.5, 0.6) is 0 Å². The average Bonchev–Trinajstić information content (AvgIpc) is 4.14. The van der Waals surface area contributed by atoms with Gasteiger partial charge in [-0.05, 0) is 116 Å². The summed E-state index contributed by atoms with van der Waals surface area (Å²) in [6.45, 7) is 80.5. The van der Waals surface area contributed by atoms with E-state index in [0.717, 1.165) is 74.7 Å². The summed E-state index contributed by atoms with van der Waals surface area (Å²) in [5.74, 6) is 3.95. The molecule has 0 atom stereocenters. The van der Waals surface area contributed by atoms with Gasteiger partial charge in [-0.1, -0.05) is 318 Å². The van der Waals surface area contributed by atoms with E-state index in [1.54, 1.807) is 0 Å². The van der Waals surface area contributed by atoms with Crippen molar-refractivity contribution in [3.8, 4) is 0 Å². The van der Waals surface area contributed by atoms with Crippen LogP contribution >= 0.6 is 0 Å². The van der Waals surface area contributed by atoms with Crippen molar-refractivity contribution in [3.05, 3.63) is 68.8 Å². The van der Waals surface area contributed by atoms with Crippen LogP contribution in [0.1, 0.15) is 369 Å². The Kier molecular flexibility index (Phi) is 29.7. The molecule has 0 bridgehead atoms. The van der Waals surface area contributed by atoms with E-state index in [-0.39, 0.29) is 163 Å². The van der Waals surface area contributed by atoms with Crippen LogP contribution in [-0.2, 0) is 65.0 Å². The molecule has 0 unspecified atom stereocenters. The van der Waals surface area contributed by atoms with E-state index in [4.69, 9.17) is 39.9 Å². The molecule has 0 amide bonds. The minimum absolute atomic E-state index is 0. The molecule has 0 fully saturated rings. The monoisotopic (exact) mass is 1330 g/mol. The van der Waals surface area contributed by atoms with Crippen molar-refractivity contribution < 1.29 is 0 Å².